The molecule has 0 fully saturated rings. The summed E-state index contributed by atoms with van der Waals surface area (Å²) in [5.41, 5.74) is 5.80. The van der Waals surface area contributed by atoms with Crippen LogP contribution in [-0.4, -0.2) is 19.5 Å². The molecule has 110 valence electrons. The summed E-state index contributed by atoms with van der Waals surface area (Å²) in [5, 5.41) is 8.85. The Balaban J connectivity index is 2.41. The van der Waals surface area contributed by atoms with E-state index >= 15 is 0 Å². The number of benzene rings is 2. The smallest absolute Gasteiger partial charge is 0.335 e. The Labute approximate surface area is 129 Å². The van der Waals surface area contributed by atoms with Crippen LogP contribution in [0, 0.1) is 0 Å². The molecule has 6 nitrogen and oxygen atoms in total. The van der Waals surface area contributed by atoms with Gasteiger partial charge in [0, 0.05) is 4.47 Å². The molecule has 0 atom stereocenters. The quantitative estimate of drug-likeness (QED) is 0.716. The van der Waals surface area contributed by atoms with Crippen LogP contribution >= 0.6 is 15.9 Å². The number of rotatable bonds is 4. The molecule has 0 amide bonds. The first-order valence-electron chi connectivity index (χ1n) is 5.71. The number of carboxylic acids is 1. The highest BCUT2D eigenvalue weighted by atomic mass is 79.9. The van der Waals surface area contributed by atoms with Crippen molar-refractivity contribution in [3.63, 3.8) is 0 Å². The highest BCUT2D eigenvalue weighted by Gasteiger charge is 2.19. The number of para-hydroxylation sites is 1. The fourth-order valence-electron chi connectivity index (χ4n) is 1.67. The van der Waals surface area contributed by atoms with E-state index in [4.69, 9.17) is 10.8 Å². The van der Waals surface area contributed by atoms with Crippen LogP contribution in [-0.2, 0) is 10.0 Å². The van der Waals surface area contributed by atoms with Gasteiger partial charge in [0.2, 0.25) is 0 Å². The van der Waals surface area contributed by atoms with Crippen LogP contribution in [0.3, 0.4) is 0 Å². The maximum Gasteiger partial charge on any atom is 0.335 e. The van der Waals surface area contributed by atoms with Gasteiger partial charge in [-0.2, -0.15) is 0 Å². The lowest BCUT2D eigenvalue weighted by atomic mass is 10.2. The molecule has 2 aromatic rings. The molecule has 0 aliphatic carbocycles. The first kappa shape index (κ1) is 15.3. The van der Waals surface area contributed by atoms with Crippen molar-refractivity contribution < 1.29 is 18.3 Å². The van der Waals surface area contributed by atoms with Gasteiger partial charge in [-0.3, -0.25) is 4.72 Å². The van der Waals surface area contributed by atoms with E-state index in [1.54, 1.807) is 24.3 Å². The summed E-state index contributed by atoms with van der Waals surface area (Å²) in [4.78, 5) is 10.6. The highest BCUT2D eigenvalue weighted by Crippen LogP contribution is 2.27. The summed E-state index contributed by atoms with van der Waals surface area (Å²) in [5.74, 6) is -1.18. The topological polar surface area (TPSA) is 109 Å². The largest absolute Gasteiger partial charge is 0.478 e. The Bertz CT molecular complexity index is 806. The van der Waals surface area contributed by atoms with Crippen molar-refractivity contribution in [2.45, 2.75) is 4.90 Å². The van der Waals surface area contributed by atoms with Crippen LogP contribution in [0.4, 0.5) is 11.4 Å². The van der Waals surface area contributed by atoms with Gasteiger partial charge in [-0.25, -0.2) is 13.2 Å². The molecule has 21 heavy (non-hydrogen) atoms. The first-order valence-corrected chi connectivity index (χ1v) is 7.99. The molecule has 0 heterocycles. The van der Waals surface area contributed by atoms with Crippen molar-refractivity contribution in [3.05, 3.63) is 52.5 Å². The third-order valence-electron chi connectivity index (χ3n) is 2.66. The number of aromatic carboxylic acids is 1. The molecule has 4 N–H and O–H groups in total. The Morgan fingerprint density at radius 1 is 1.19 bits per heavy atom. The molecule has 0 spiro atoms. The van der Waals surface area contributed by atoms with E-state index in [2.05, 4.69) is 20.7 Å². The summed E-state index contributed by atoms with van der Waals surface area (Å²) >= 11 is 3.23. The minimum absolute atomic E-state index is 0.0765. The van der Waals surface area contributed by atoms with Crippen LogP contribution < -0.4 is 10.5 Å². The van der Waals surface area contributed by atoms with Crippen LogP contribution in [0.15, 0.2) is 51.8 Å². The van der Waals surface area contributed by atoms with Gasteiger partial charge >= 0.3 is 5.97 Å². The summed E-state index contributed by atoms with van der Waals surface area (Å²) < 4.78 is 27.6. The molecule has 0 aliphatic heterocycles. The molecule has 0 saturated carbocycles. The van der Waals surface area contributed by atoms with E-state index in [-0.39, 0.29) is 16.1 Å². The average molecular weight is 371 g/mol. The molecule has 0 aliphatic rings. The number of carboxylic acid groups (broad SMARTS) is 1. The van der Waals surface area contributed by atoms with Crippen LogP contribution in [0.1, 0.15) is 10.4 Å². The van der Waals surface area contributed by atoms with Crippen molar-refractivity contribution in [2.75, 3.05) is 10.5 Å². The lowest BCUT2D eigenvalue weighted by Crippen LogP contribution is -2.15. The van der Waals surface area contributed by atoms with E-state index in [9.17, 15) is 13.2 Å². The summed E-state index contributed by atoms with van der Waals surface area (Å²) in [7, 11) is -3.91. The molecular formula is C13H11BrN2O4S. The fourth-order valence-corrected chi connectivity index (χ4v) is 3.38. The Morgan fingerprint density at radius 3 is 2.43 bits per heavy atom. The minimum Gasteiger partial charge on any atom is -0.478 e. The number of sulfonamides is 1. The third-order valence-corrected chi connectivity index (χ3v) is 4.80. The van der Waals surface area contributed by atoms with Crippen LogP contribution in [0.5, 0.6) is 0 Å². The number of nitrogens with one attached hydrogen (secondary N) is 1. The predicted octanol–water partition coefficient (Wildman–Crippen LogP) is 2.53. The maximum absolute atomic E-state index is 12.3. The molecule has 0 bridgehead atoms. The van der Waals surface area contributed by atoms with Gasteiger partial charge in [0.15, 0.2) is 0 Å². The van der Waals surface area contributed by atoms with Crippen molar-refractivity contribution in [3.8, 4) is 0 Å². The van der Waals surface area contributed by atoms with E-state index < -0.39 is 16.0 Å². The SMILES string of the molecule is Nc1cc(C(=O)O)ccc1S(=O)(=O)Nc1ccccc1Br. The predicted molar refractivity (Wildman–Crippen MR) is 82.8 cm³/mol. The zero-order valence-corrected chi connectivity index (χ0v) is 13.0. The number of nitrogens with two attached hydrogens (primary N) is 1. The second kappa shape index (κ2) is 5.74. The van der Waals surface area contributed by atoms with Crippen LogP contribution in [0.25, 0.3) is 0 Å². The maximum atomic E-state index is 12.3. The molecule has 0 aromatic heterocycles. The number of halogens is 1. The second-order valence-electron chi connectivity index (χ2n) is 4.14. The average Bonchev–Trinajstić information content (AvgIpc) is 2.40. The summed E-state index contributed by atoms with van der Waals surface area (Å²) in [6, 6.07) is 10.2. The highest BCUT2D eigenvalue weighted by molar-refractivity contribution is 9.10. The van der Waals surface area contributed by atoms with Gasteiger partial charge in [-0.15, -0.1) is 0 Å². The van der Waals surface area contributed by atoms with E-state index in [1.165, 1.54) is 6.07 Å². The lowest BCUT2D eigenvalue weighted by Gasteiger charge is -2.11. The van der Waals surface area contributed by atoms with Gasteiger partial charge in [0.1, 0.15) is 4.90 Å². The molecular weight excluding hydrogens is 360 g/mol. The fraction of sp³-hybridized carbons (Fsp3) is 0. The Morgan fingerprint density at radius 2 is 1.86 bits per heavy atom. The minimum atomic E-state index is -3.91. The standard InChI is InChI=1S/C13H11BrN2O4S/c14-9-3-1-2-4-11(9)16-21(19,20)12-6-5-8(13(17)18)7-10(12)15/h1-7,16H,15H2,(H,17,18). The van der Waals surface area contributed by atoms with Crippen molar-refractivity contribution >= 4 is 43.3 Å². The molecule has 0 saturated heterocycles. The normalized spacial score (nSPS) is 11.1. The van der Waals surface area contributed by atoms with Gasteiger partial charge in [-0.05, 0) is 46.3 Å². The molecule has 2 aromatic carbocycles. The van der Waals surface area contributed by atoms with E-state index in [0.717, 1.165) is 12.1 Å². The summed E-state index contributed by atoms with van der Waals surface area (Å²) in [6.45, 7) is 0. The van der Waals surface area contributed by atoms with Crippen LogP contribution in [0.2, 0.25) is 0 Å². The van der Waals surface area contributed by atoms with E-state index in [0.29, 0.717) is 10.2 Å². The van der Waals surface area contributed by atoms with Crippen molar-refractivity contribution in [1.82, 2.24) is 0 Å². The molecule has 0 unspecified atom stereocenters. The van der Waals surface area contributed by atoms with Crippen molar-refractivity contribution in [1.29, 1.82) is 0 Å². The number of hydrogen-bond acceptors (Lipinski definition) is 4. The van der Waals surface area contributed by atoms with Gasteiger partial charge in [0.25, 0.3) is 10.0 Å². The first-order chi connectivity index (χ1) is 9.81. The molecule has 2 rings (SSSR count). The Kier molecular flexibility index (Phi) is 4.19. The van der Waals surface area contributed by atoms with E-state index in [1.807, 2.05) is 0 Å². The van der Waals surface area contributed by atoms with Gasteiger partial charge < -0.3 is 10.8 Å². The van der Waals surface area contributed by atoms with Gasteiger partial charge in [-0.1, -0.05) is 12.1 Å². The Hall–Kier alpha value is -2.06. The monoisotopic (exact) mass is 370 g/mol. The second-order valence-corrected chi connectivity index (χ2v) is 6.65. The summed E-state index contributed by atoms with van der Waals surface area (Å²) in [6.07, 6.45) is 0. The number of carbonyl (C=O) groups is 1. The number of nitrogen functional groups attached to an aromatic ring is 1. The zero-order valence-electron chi connectivity index (χ0n) is 10.6. The van der Waals surface area contributed by atoms with Crippen molar-refractivity contribution in [2.24, 2.45) is 0 Å². The van der Waals surface area contributed by atoms with Gasteiger partial charge in [0.05, 0.1) is 16.9 Å². The number of anilines is 2. The zero-order chi connectivity index (χ0) is 15.6. The number of hydrogen-bond donors (Lipinski definition) is 3. The third kappa shape index (κ3) is 3.34. The molecule has 8 heteroatoms. The lowest BCUT2D eigenvalue weighted by molar-refractivity contribution is 0.0697. The molecule has 0 radical (unpaired) electrons.